The molecule has 13 heteroatoms. The van der Waals surface area contributed by atoms with Crippen LogP contribution >= 0.6 is 0 Å². The van der Waals surface area contributed by atoms with Crippen LogP contribution in [0.4, 0.5) is 0 Å². The Kier molecular flexibility index (Phi) is 20.3. The Morgan fingerprint density at radius 1 is 0.757 bits per heavy atom. The zero-order valence-electron chi connectivity index (χ0n) is 22.0. The minimum absolute atomic E-state index is 0.166. The second kappa shape index (κ2) is 21.7. The summed E-state index contributed by atoms with van der Waals surface area (Å²) in [6.07, 6.45) is -0.0326. The summed E-state index contributed by atoms with van der Waals surface area (Å²) >= 11 is 0. The Bertz CT molecular complexity index is 692. The molecular formula is C24H40O13. The molecule has 0 aromatic rings. The van der Waals surface area contributed by atoms with Gasteiger partial charge < -0.3 is 48.1 Å². The van der Waals surface area contributed by atoms with E-state index in [1.165, 1.54) is 40.2 Å². The van der Waals surface area contributed by atoms with E-state index < -0.39 is 48.4 Å². The van der Waals surface area contributed by atoms with Crippen LogP contribution in [0.1, 0.15) is 27.2 Å². The van der Waals surface area contributed by atoms with Gasteiger partial charge in [-0.2, -0.15) is 0 Å². The smallest absolute Gasteiger partial charge is 0.330 e. The fraction of sp³-hybridized carbons (Fsp3) is 0.708. The number of carbonyl (C=O) groups excluding carboxylic acids is 2. The number of rotatable bonds is 22. The van der Waals surface area contributed by atoms with E-state index in [4.69, 9.17) is 43.0 Å². The van der Waals surface area contributed by atoms with Crippen LogP contribution in [0.5, 0.6) is 0 Å². The van der Waals surface area contributed by atoms with Crippen molar-refractivity contribution < 1.29 is 62.5 Å². The zero-order chi connectivity index (χ0) is 28.1. The number of carbonyl (C=O) groups is 3. The van der Waals surface area contributed by atoms with Gasteiger partial charge in [-0.3, -0.25) is 4.79 Å². The monoisotopic (exact) mass is 536 g/mol. The summed E-state index contributed by atoms with van der Waals surface area (Å²) in [5.74, 6) is -2.61. The largest absolute Gasteiger partial charge is 0.478 e. The van der Waals surface area contributed by atoms with Crippen molar-refractivity contribution in [2.24, 2.45) is 0 Å². The average molecular weight is 537 g/mol. The molecule has 214 valence electrons. The Balaban J connectivity index is 5.14. The van der Waals surface area contributed by atoms with Crippen molar-refractivity contribution in [3.05, 3.63) is 24.3 Å². The van der Waals surface area contributed by atoms with E-state index in [0.717, 1.165) is 12.2 Å². The molecule has 0 aromatic heterocycles. The van der Waals surface area contributed by atoms with E-state index >= 15 is 0 Å². The van der Waals surface area contributed by atoms with E-state index in [9.17, 15) is 19.5 Å². The van der Waals surface area contributed by atoms with Gasteiger partial charge in [-0.15, -0.1) is 0 Å². The molecule has 0 aromatic carbocycles. The van der Waals surface area contributed by atoms with Crippen molar-refractivity contribution >= 4 is 17.9 Å². The first kappa shape index (κ1) is 34.6. The number of ether oxygens (including phenoxy) is 8. The van der Waals surface area contributed by atoms with Gasteiger partial charge in [0.05, 0.1) is 39.0 Å². The van der Waals surface area contributed by atoms with Crippen LogP contribution in [0.15, 0.2) is 24.3 Å². The SMILES string of the molecule is COCCOCO[C@H](/C=C/C(=O)O)[C@H](C)OC(=O)/C=C/[C@@H](OCOCCOC)[C@H](C)OC(=O)C[C@H](C)O. The highest BCUT2D eigenvalue weighted by atomic mass is 16.7. The minimum Gasteiger partial charge on any atom is -0.478 e. The molecule has 0 rings (SSSR count). The number of methoxy groups -OCH3 is 2. The second-order valence-corrected chi connectivity index (χ2v) is 7.75. The van der Waals surface area contributed by atoms with Gasteiger partial charge in [0.1, 0.15) is 38.0 Å². The number of hydrogen-bond donors (Lipinski definition) is 2. The average Bonchev–Trinajstić information content (AvgIpc) is 2.81. The number of esters is 2. The molecule has 5 atom stereocenters. The Labute approximate surface area is 217 Å². The van der Waals surface area contributed by atoms with Crippen LogP contribution in [0, 0.1) is 0 Å². The van der Waals surface area contributed by atoms with Crippen molar-refractivity contribution in [1.29, 1.82) is 0 Å². The molecule has 0 aliphatic carbocycles. The first-order valence-corrected chi connectivity index (χ1v) is 11.6. The number of hydrogen-bond acceptors (Lipinski definition) is 12. The summed E-state index contributed by atoms with van der Waals surface area (Å²) in [5.41, 5.74) is 0. The molecule has 0 radical (unpaired) electrons. The first-order valence-electron chi connectivity index (χ1n) is 11.6. The summed E-state index contributed by atoms with van der Waals surface area (Å²) in [5, 5.41) is 18.3. The molecule has 0 bridgehead atoms. The lowest BCUT2D eigenvalue weighted by Crippen LogP contribution is -2.32. The number of aliphatic carboxylic acids is 1. The van der Waals surface area contributed by atoms with Crippen LogP contribution in [0.3, 0.4) is 0 Å². The highest BCUT2D eigenvalue weighted by Gasteiger charge is 2.23. The van der Waals surface area contributed by atoms with Crippen molar-refractivity contribution in [3.63, 3.8) is 0 Å². The van der Waals surface area contributed by atoms with Gasteiger partial charge >= 0.3 is 17.9 Å². The minimum atomic E-state index is -1.20. The second-order valence-electron chi connectivity index (χ2n) is 7.75. The lowest BCUT2D eigenvalue weighted by Gasteiger charge is -2.23. The normalized spacial score (nSPS) is 15.8. The number of carboxylic acids is 1. The predicted octanol–water partition coefficient (Wildman–Crippen LogP) is 0.829. The maximum atomic E-state index is 12.4. The van der Waals surface area contributed by atoms with Gasteiger partial charge in [0, 0.05) is 26.4 Å². The van der Waals surface area contributed by atoms with Crippen LogP contribution in [0.2, 0.25) is 0 Å². The van der Waals surface area contributed by atoms with Gasteiger partial charge in [-0.1, -0.05) is 0 Å². The fourth-order valence-corrected chi connectivity index (χ4v) is 2.55. The molecule has 0 amide bonds. The van der Waals surface area contributed by atoms with E-state index in [1.54, 1.807) is 6.92 Å². The van der Waals surface area contributed by atoms with Crippen LogP contribution < -0.4 is 0 Å². The van der Waals surface area contributed by atoms with Crippen molar-refractivity contribution in [2.45, 2.75) is 57.7 Å². The summed E-state index contributed by atoms with van der Waals surface area (Å²) in [4.78, 5) is 35.2. The highest BCUT2D eigenvalue weighted by molar-refractivity contribution is 5.82. The highest BCUT2D eigenvalue weighted by Crippen LogP contribution is 2.11. The standard InChI is InChI=1S/C24H40O13/c1-17(25)14-24(29)37-19(3)21(35-16-33-13-11-31-5)7-9-23(28)36-18(2)20(6-8-22(26)27)34-15-32-12-10-30-4/h6-9,17-21,25H,10-16H2,1-5H3,(H,26,27)/b8-6+,9-7+/t17-,18-,19-,20+,21+/m0/s1. The Morgan fingerprint density at radius 3 is 1.70 bits per heavy atom. The zero-order valence-corrected chi connectivity index (χ0v) is 22.0. The summed E-state index contributed by atoms with van der Waals surface area (Å²) < 4.78 is 41.8. The summed E-state index contributed by atoms with van der Waals surface area (Å²) in [6, 6.07) is 0. The predicted molar refractivity (Wildman–Crippen MR) is 128 cm³/mol. The molecule has 0 fully saturated rings. The number of aliphatic hydroxyl groups excluding tert-OH is 1. The quantitative estimate of drug-likeness (QED) is 0.0865. The molecule has 0 aliphatic rings. The van der Waals surface area contributed by atoms with E-state index in [-0.39, 0.29) is 33.2 Å². The van der Waals surface area contributed by atoms with Gasteiger partial charge in [0.2, 0.25) is 0 Å². The van der Waals surface area contributed by atoms with Crippen LogP contribution in [-0.2, 0) is 52.3 Å². The lowest BCUT2D eigenvalue weighted by molar-refractivity contribution is -0.162. The van der Waals surface area contributed by atoms with Crippen molar-refractivity contribution in [3.8, 4) is 0 Å². The summed E-state index contributed by atoms with van der Waals surface area (Å²) in [7, 11) is 3.04. The van der Waals surface area contributed by atoms with Gasteiger partial charge in [0.15, 0.2) is 0 Å². The molecule has 2 N–H and O–H groups in total. The van der Waals surface area contributed by atoms with Crippen LogP contribution in [-0.4, -0.2) is 113 Å². The first-order chi connectivity index (χ1) is 17.6. The van der Waals surface area contributed by atoms with E-state index in [1.807, 2.05) is 0 Å². The Morgan fingerprint density at radius 2 is 1.24 bits per heavy atom. The topological polar surface area (TPSA) is 166 Å². The van der Waals surface area contributed by atoms with E-state index in [0.29, 0.717) is 13.2 Å². The third-order valence-electron chi connectivity index (χ3n) is 4.41. The van der Waals surface area contributed by atoms with Crippen LogP contribution in [0.25, 0.3) is 0 Å². The number of carboxylic acid groups (broad SMARTS) is 1. The molecule has 0 heterocycles. The molecule has 0 saturated heterocycles. The Hall–Kier alpha value is -2.39. The molecule has 0 saturated carbocycles. The third kappa shape index (κ3) is 19.4. The fourth-order valence-electron chi connectivity index (χ4n) is 2.55. The summed E-state index contributed by atoms with van der Waals surface area (Å²) in [6.45, 7) is 5.42. The molecule has 37 heavy (non-hydrogen) atoms. The van der Waals surface area contributed by atoms with Crippen molar-refractivity contribution in [2.75, 3.05) is 54.2 Å². The number of aliphatic hydroxyl groups is 1. The maximum Gasteiger partial charge on any atom is 0.330 e. The maximum absolute atomic E-state index is 12.4. The third-order valence-corrected chi connectivity index (χ3v) is 4.41. The van der Waals surface area contributed by atoms with E-state index in [2.05, 4.69) is 0 Å². The lowest BCUT2D eigenvalue weighted by atomic mass is 10.2. The van der Waals surface area contributed by atoms with Gasteiger partial charge in [-0.05, 0) is 32.9 Å². The molecular weight excluding hydrogens is 496 g/mol. The molecule has 13 nitrogen and oxygen atoms in total. The molecule has 0 spiro atoms. The molecule has 0 unspecified atom stereocenters. The van der Waals surface area contributed by atoms with Gasteiger partial charge in [-0.25, -0.2) is 9.59 Å². The van der Waals surface area contributed by atoms with Crippen molar-refractivity contribution in [1.82, 2.24) is 0 Å². The van der Waals surface area contributed by atoms with Gasteiger partial charge in [0.25, 0.3) is 0 Å². The molecule has 0 aliphatic heterocycles.